The van der Waals surface area contributed by atoms with Crippen molar-refractivity contribution in [1.29, 1.82) is 0 Å². The molecule has 0 unspecified atom stereocenters. The van der Waals surface area contributed by atoms with Crippen LogP contribution >= 0.6 is 23.2 Å². The number of hydrogen-bond acceptors (Lipinski definition) is 1. The summed E-state index contributed by atoms with van der Waals surface area (Å²) in [4.78, 5) is 2.47. The van der Waals surface area contributed by atoms with Crippen LogP contribution in [0.25, 0.3) is 0 Å². The molecule has 0 atom stereocenters. The number of rotatable bonds is 2. The molecule has 1 heterocycles. The Morgan fingerprint density at radius 1 is 1.12 bits per heavy atom. The highest BCUT2D eigenvalue weighted by molar-refractivity contribution is 6.34. The van der Waals surface area contributed by atoms with Crippen molar-refractivity contribution in [3.8, 4) is 0 Å². The third kappa shape index (κ3) is 3.38. The minimum atomic E-state index is 0.730. The van der Waals surface area contributed by atoms with Gasteiger partial charge in [0.05, 0.1) is 0 Å². The molecule has 88 valence electrons. The molecule has 16 heavy (non-hydrogen) atoms. The molecule has 1 aromatic rings. The Labute approximate surface area is 107 Å². The van der Waals surface area contributed by atoms with Crippen LogP contribution in [-0.2, 0) is 6.54 Å². The second-order valence-electron chi connectivity index (χ2n) is 4.74. The molecule has 0 radical (unpaired) electrons. The Kier molecular flexibility index (Phi) is 4.12. The van der Waals surface area contributed by atoms with Gasteiger partial charge in [-0.05, 0) is 55.6 Å². The average Bonchev–Trinajstić information content (AvgIpc) is 2.20. The summed E-state index contributed by atoms with van der Waals surface area (Å²) in [6, 6.07) is 5.79. The third-order valence-corrected chi connectivity index (χ3v) is 3.64. The SMILES string of the molecule is CC1CCN(Cc2cc(Cl)cc(Cl)c2)CC1. The fourth-order valence-electron chi connectivity index (χ4n) is 2.18. The zero-order valence-electron chi connectivity index (χ0n) is 9.55. The lowest BCUT2D eigenvalue weighted by Crippen LogP contribution is -2.32. The number of benzene rings is 1. The molecule has 3 heteroatoms. The predicted octanol–water partition coefficient (Wildman–Crippen LogP) is 4.23. The molecule has 1 fully saturated rings. The van der Waals surface area contributed by atoms with E-state index in [2.05, 4.69) is 11.8 Å². The highest BCUT2D eigenvalue weighted by Crippen LogP contribution is 2.22. The lowest BCUT2D eigenvalue weighted by molar-refractivity contribution is 0.185. The molecule has 0 aromatic heterocycles. The maximum Gasteiger partial charge on any atom is 0.0424 e. The van der Waals surface area contributed by atoms with Crippen molar-refractivity contribution in [2.75, 3.05) is 13.1 Å². The number of likely N-dealkylation sites (tertiary alicyclic amines) is 1. The van der Waals surface area contributed by atoms with Crippen LogP contribution in [0.1, 0.15) is 25.3 Å². The van der Waals surface area contributed by atoms with Crippen molar-refractivity contribution in [1.82, 2.24) is 4.90 Å². The van der Waals surface area contributed by atoms with Gasteiger partial charge in [-0.25, -0.2) is 0 Å². The number of piperidine rings is 1. The summed E-state index contributed by atoms with van der Waals surface area (Å²) in [5.41, 5.74) is 1.21. The summed E-state index contributed by atoms with van der Waals surface area (Å²) in [5, 5.41) is 1.46. The number of hydrogen-bond donors (Lipinski definition) is 0. The molecule has 0 spiro atoms. The Morgan fingerprint density at radius 3 is 2.25 bits per heavy atom. The molecule has 0 N–H and O–H groups in total. The van der Waals surface area contributed by atoms with Gasteiger partial charge in [0.2, 0.25) is 0 Å². The van der Waals surface area contributed by atoms with E-state index in [9.17, 15) is 0 Å². The molecule has 0 saturated carbocycles. The Morgan fingerprint density at radius 2 is 1.69 bits per heavy atom. The Hall–Kier alpha value is -0.240. The summed E-state index contributed by atoms with van der Waals surface area (Å²) in [6.45, 7) is 5.66. The summed E-state index contributed by atoms with van der Waals surface area (Å²) in [5.74, 6) is 0.874. The normalized spacial score (nSPS) is 18.9. The minimum Gasteiger partial charge on any atom is -0.299 e. The van der Waals surface area contributed by atoms with Crippen LogP contribution in [0.15, 0.2) is 18.2 Å². The smallest absolute Gasteiger partial charge is 0.0424 e. The molecule has 0 bridgehead atoms. The maximum atomic E-state index is 5.99. The second-order valence-corrected chi connectivity index (χ2v) is 5.61. The van der Waals surface area contributed by atoms with Crippen molar-refractivity contribution in [2.24, 2.45) is 5.92 Å². The van der Waals surface area contributed by atoms with Gasteiger partial charge in [0.15, 0.2) is 0 Å². The molecule has 0 aliphatic carbocycles. The highest BCUT2D eigenvalue weighted by Gasteiger charge is 2.15. The fourth-order valence-corrected chi connectivity index (χ4v) is 2.75. The number of nitrogens with zero attached hydrogens (tertiary/aromatic N) is 1. The maximum absolute atomic E-state index is 5.99. The van der Waals surface area contributed by atoms with E-state index in [0.29, 0.717) is 0 Å². The first-order chi connectivity index (χ1) is 7.63. The van der Waals surface area contributed by atoms with Crippen LogP contribution in [0.5, 0.6) is 0 Å². The van der Waals surface area contributed by atoms with Gasteiger partial charge in [-0.15, -0.1) is 0 Å². The summed E-state index contributed by atoms with van der Waals surface area (Å²) in [7, 11) is 0. The molecule has 1 aliphatic heterocycles. The zero-order valence-corrected chi connectivity index (χ0v) is 11.1. The summed E-state index contributed by atoms with van der Waals surface area (Å²) < 4.78 is 0. The van der Waals surface area contributed by atoms with E-state index in [-0.39, 0.29) is 0 Å². The molecule has 0 amide bonds. The van der Waals surface area contributed by atoms with Gasteiger partial charge >= 0.3 is 0 Å². The second kappa shape index (κ2) is 5.39. The van der Waals surface area contributed by atoms with Gasteiger partial charge in [-0.2, -0.15) is 0 Å². The molecule has 1 aromatic carbocycles. The quantitative estimate of drug-likeness (QED) is 0.767. The van der Waals surface area contributed by atoms with Gasteiger partial charge in [0, 0.05) is 16.6 Å². The van der Waals surface area contributed by atoms with Crippen LogP contribution in [0.3, 0.4) is 0 Å². The van der Waals surface area contributed by atoms with Crippen molar-refractivity contribution >= 4 is 23.2 Å². The molecule has 1 saturated heterocycles. The van der Waals surface area contributed by atoms with Gasteiger partial charge in [-0.1, -0.05) is 30.1 Å². The van der Waals surface area contributed by atoms with E-state index in [1.54, 1.807) is 6.07 Å². The van der Waals surface area contributed by atoms with Crippen LogP contribution < -0.4 is 0 Å². The van der Waals surface area contributed by atoms with Crippen molar-refractivity contribution in [2.45, 2.75) is 26.3 Å². The monoisotopic (exact) mass is 257 g/mol. The van der Waals surface area contributed by atoms with Gasteiger partial charge in [0.1, 0.15) is 0 Å². The van der Waals surface area contributed by atoms with Crippen molar-refractivity contribution in [3.63, 3.8) is 0 Å². The van der Waals surface area contributed by atoms with Crippen LogP contribution in [-0.4, -0.2) is 18.0 Å². The summed E-state index contributed by atoms with van der Waals surface area (Å²) >= 11 is 12.0. The molecular formula is C13H17Cl2N. The first kappa shape index (κ1) is 12.2. The lowest BCUT2D eigenvalue weighted by Gasteiger charge is -2.30. The van der Waals surface area contributed by atoms with Crippen molar-refractivity contribution < 1.29 is 0 Å². The lowest BCUT2D eigenvalue weighted by atomic mass is 9.99. The van der Waals surface area contributed by atoms with E-state index in [1.165, 1.54) is 31.5 Å². The fraction of sp³-hybridized carbons (Fsp3) is 0.538. The third-order valence-electron chi connectivity index (χ3n) is 3.20. The summed E-state index contributed by atoms with van der Waals surface area (Å²) in [6.07, 6.45) is 2.60. The van der Waals surface area contributed by atoms with Gasteiger partial charge in [-0.3, -0.25) is 4.90 Å². The molecule has 2 rings (SSSR count). The minimum absolute atomic E-state index is 0.730. The topological polar surface area (TPSA) is 3.24 Å². The zero-order chi connectivity index (χ0) is 11.5. The average molecular weight is 258 g/mol. The van der Waals surface area contributed by atoms with Crippen LogP contribution in [0, 0.1) is 5.92 Å². The van der Waals surface area contributed by atoms with Gasteiger partial charge < -0.3 is 0 Å². The van der Waals surface area contributed by atoms with E-state index in [1.807, 2.05) is 12.1 Å². The first-order valence-corrected chi connectivity index (χ1v) is 6.56. The highest BCUT2D eigenvalue weighted by atomic mass is 35.5. The predicted molar refractivity (Wildman–Crippen MR) is 70.1 cm³/mol. The first-order valence-electron chi connectivity index (χ1n) is 5.81. The molecule has 1 aliphatic rings. The van der Waals surface area contributed by atoms with Crippen LogP contribution in [0.4, 0.5) is 0 Å². The van der Waals surface area contributed by atoms with E-state index >= 15 is 0 Å². The number of halogens is 2. The van der Waals surface area contributed by atoms with E-state index in [4.69, 9.17) is 23.2 Å². The van der Waals surface area contributed by atoms with E-state index < -0.39 is 0 Å². The molecule has 1 nitrogen and oxygen atoms in total. The largest absolute Gasteiger partial charge is 0.299 e. The molecular weight excluding hydrogens is 241 g/mol. The standard InChI is InChI=1S/C13H17Cl2N/c1-10-2-4-16(5-3-10)9-11-6-12(14)8-13(15)7-11/h6-8,10H,2-5,9H2,1H3. The van der Waals surface area contributed by atoms with Crippen molar-refractivity contribution in [3.05, 3.63) is 33.8 Å². The Balaban J connectivity index is 1.98. The Bertz CT molecular complexity index is 337. The van der Waals surface area contributed by atoms with E-state index in [0.717, 1.165) is 22.5 Å². The van der Waals surface area contributed by atoms with Gasteiger partial charge in [0.25, 0.3) is 0 Å². The van der Waals surface area contributed by atoms with Crippen LogP contribution in [0.2, 0.25) is 10.0 Å².